The highest BCUT2D eigenvalue weighted by molar-refractivity contribution is 5.94. The van der Waals surface area contributed by atoms with Gasteiger partial charge in [-0.2, -0.15) is 0 Å². The summed E-state index contributed by atoms with van der Waals surface area (Å²) in [6, 6.07) is 4.19. The zero-order valence-electron chi connectivity index (χ0n) is 12.4. The SMILES string of the molecule is CC(=O)NCC(=O)Nc1ccc(OC(C)=O)c(OC(C)=O)c1. The van der Waals surface area contributed by atoms with Gasteiger partial charge in [0.25, 0.3) is 0 Å². The van der Waals surface area contributed by atoms with Gasteiger partial charge in [-0.25, -0.2) is 0 Å². The van der Waals surface area contributed by atoms with E-state index in [9.17, 15) is 19.2 Å². The Labute approximate surface area is 126 Å². The molecule has 118 valence electrons. The van der Waals surface area contributed by atoms with Gasteiger partial charge in [0.15, 0.2) is 11.5 Å². The van der Waals surface area contributed by atoms with Crippen LogP contribution in [0.1, 0.15) is 20.8 Å². The summed E-state index contributed by atoms with van der Waals surface area (Å²) in [6.07, 6.45) is 0. The molecule has 0 aliphatic rings. The molecular weight excluding hydrogens is 292 g/mol. The van der Waals surface area contributed by atoms with Crippen molar-refractivity contribution in [1.29, 1.82) is 0 Å². The van der Waals surface area contributed by atoms with Crippen molar-refractivity contribution < 1.29 is 28.7 Å². The number of rotatable bonds is 5. The van der Waals surface area contributed by atoms with Crippen LogP contribution in [0.25, 0.3) is 0 Å². The van der Waals surface area contributed by atoms with Gasteiger partial charge in [-0.15, -0.1) is 0 Å². The molecule has 0 spiro atoms. The predicted molar refractivity (Wildman–Crippen MR) is 76.4 cm³/mol. The van der Waals surface area contributed by atoms with Crippen molar-refractivity contribution in [2.24, 2.45) is 0 Å². The number of esters is 2. The molecule has 22 heavy (non-hydrogen) atoms. The second-order valence-corrected chi connectivity index (χ2v) is 4.31. The van der Waals surface area contributed by atoms with Crippen molar-refractivity contribution in [1.82, 2.24) is 5.32 Å². The second-order valence-electron chi connectivity index (χ2n) is 4.31. The molecule has 0 saturated carbocycles. The normalized spacial score (nSPS) is 9.59. The fourth-order valence-electron chi connectivity index (χ4n) is 1.47. The Kier molecular flexibility index (Phi) is 6.06. The van der Waals surface area contributed by atoms with Gasteiger partial charge in [0.1, 0.15) is 0 Å². The van der Waals surface area contributed by atoms with E-state index in [0.29, 0.717) is 5.69 Å². The molecule has 0 atom stereocenters. The van der Waals surface area contributed by atoms with Crippen LogP contribution in [0.5, 0.6) is 11.5 Å². The topological polar surface area (TPSA) is 111 Å². The second kappa shape index (κ2) is 7.77. The van der Waals surface area contributed by atoms with Gasteiger partial charge in [0, 0.05) is 32.5 Å². The van der Waals surface area contributed by atoms with E-state index in [1.807, 2.05) is 0 Å². The van der Waals surface area contributed by atoms with E-state index in [-0.39, 0.29) is 24.0 Å². The summed E-state index contributed by atoms with van der Waals surface area (Å²) in [5.74, 6) is -1.90. The Bertz CT molecular complexity index is 611. The highest BCUT2D eigenvalue weighted by Gasteiger charge is 2.12. The molecule has 8 heteroatoms. The maximum atomic E-state index is 11.6. The quantitative estimate of drug-likeness (QED) is 0.609. The number of amides is 2. The van der Waals surface area contributed by atoms with Crippen LogP contribution in [0.4, 0.5) is 5.69 Å². The van der Waals surface area contributed by atoms with Crippen LogP contribution in [0.3, 0.4) is 0 Å². The van der Waals surface area contributed by atoms with E-state index >= 15 is 0 Å². The van der Waals surface area contributed by atoms with Crippen LogP contribution in [-0.2, 0) is 19.2 Å². The molecule has 8 nitrogen and oxygen atoms in total. The minimum Gasteiger partial charge on any atom is -0.423 e. The van der Waals surface area contributed by atoms with Crippen LogP contribution in [0.2, 0.25) is 0 Å². The molecule has 2 amide bonds. The summed E-state index contributed by atoms with van der Waals surface area (Å²) in [7, 11) is 0. The van der Waals surface area contributed by atoms with Gasteiger partial charge in [-0.3, -0.25) is 19.2 Å². The molecule has 0 aliphatic carbocycles. The summed E-state index contributed by atoms with van der Waals surface area (Å²) < 4.78 is 9.83. The highest BCUT2D eigenvalue weighted by atomic mass is 16.6. The molecule has 0 unspecified atom stereocenters. The Balaban J connectivity index is 2.88. The standard InChI is InChI=1S/C14H16N2O6/c1-8(17)15-7-14(20)16-11-4-5-12(21-9(2)18)13(6-11)22-10(3)19/h4-6H,7H2,1-3H3,(H,15,17)(H,16,20). The van der Waals surface area contributed by atoms with Gasteiger partial charge in [0.2, 0.25) is 11.8 Å². The van der Waals surface area contributed by atoms with E-state index in [0.717, 1.165) is 0 Å². The number of hydrogen-bond donors (Lipinski definition) is 2. The molecule has 0 radical (unpaired) electrons. The molecular formula is C14H16N2O6. The van der Waals surface area contributed by atoms with Gasteiger partial charge < -0.3 is 20.1 Å². The molecule has 0 saturated heterocycles. The van der Waals surface area contributed by atoms with Crippen LogP contribution in [0, 0.1) is 0 Å². The van der Waals surface area contributed by atoms with Gasteiger partial charge >= 0.3 is 11.9 Å². The zero-order valence-corrected chi connectivity index (χ0v) is 12.4. The van der Waals surface area contributed by atoms with E-state index in [4.69, 9.17) is 9.47 Å². The Hall–Kier alpha value is -2.90. The van der Waals surface area contributed by atoms with E-state index < -0.39 is 17.8 Å². The molecule has 1 aromatic rings. The summed E-state index contributed by atoms with van der Waals surface area (Å²) in [5.41, 5.74) is 0.322. The third-order valence-corrected chi connectivity index (χ3v) is 2.23. The summed E-state index contributed by atoms with van der Waals surface area (Å²) >= 11 is 0. The van der Waals surface area contributed by atoms with E-state index in [1.165, 1.54) is 39.0 Å². The van der Waals surface area contributed by atoms with Crippen LogP contribution in [0.15, 0.2) is 18.2 Å². The Morgan fingerprint density at radius 1 is 0.955 bits per heavy atom. The van der Waals surface area contributed by atoms with Crippen molar-refractivity contribution in [2.75, 3.05) is 11.9 Å². The minimum absolute atomic E-state index is 0.0000251. The number of hydrogen-bond acceptors (Lipinski definition) is 6. The zero-order chi connectivity index (χ0) is 16.7. The maximum Gasteiger partial charge on any atom is 0.308 e. The lowest BCUT2D eigenvalue weighted by Crippen LogP contribution is -2.31. The largest absolute Gasteiger partial charge is 0.423 e. The number of anilines is 1. The first-order valence-electron chi connectivity index (χ1n) is 6.33. The van der Waals surface area contributed by atoms with Crippen molar-refractivity contribution >= 4 is 29.4 Å². The molecule has 0 aliphatic heterocycles. The maximum absolute atomic E-state index is 11.6. The lowest BCUT2D eigenvalue weighted by molar-refractivity contribution is -0.134. The fraction of sp³-hybridized carbons (Fsp3) is 0.286. The molecule has 1 aromatic carbocycles. The lowest BCUT2D eigenvalue weighted by atomic mass is 10.2. The summed E-state index contributed by atoms with van der Waals surface area (Å²) in [5, 5.41) is 4.85. The molecule has 0 bridgehead atoms. The Morgan fingerprint density at radius 3 is 2.09 bits per heavy atom. The first-order valence-corrected chi connectivity index (χ1v) is 6.33. The third kappa shape index (κ3) is 6.04. The van der Waals surface area contributed by atoms with Gasteiger partial charge in [0.05, 0.1) is 6.54 Å². The highest BCUT2D eigenvalue weighted by Crippen LogP contribution is 2.30. The molecule has 1 rings (SSSR count). The molecule has 0 heterocycles. The average Bonchev–Trinajstić information content (AvgIpc) is 2.38. The average molecular weight is 308 g/mol. The summed E-state index contributed by atoms with van der Waals surface area (Å²) in [4.78, 5) is 44.4. The predicted octanol–water partition coefficient (Wildman–Crippen LogP) is 0.612. The van der Waals surface area contributed by atoms with Crippen molar-refractivity contribution in [3.8, 4) is 11.5 Å². The van der Waals surface area contributed by atoms with Crippen molar-refractivity contribution in [3.63, 3.8) is 0 Å². The summed E-state index contributed by atoms with van der Waals surface area (Å²) in [6.45, 7) is 3.50. The van der Waals surface area contributed by atoms with E-state index in [1.54, 1.807) is 0 Å². The number of nitrogens with one attached hydrogen (secondary N) is 2. The number of carbonyl (C=O) groups excluding carboxylic acids is 4. The van der Waals surface area contributed by atoms with Crippen LogP contribution in [-0.4, -0.2) is 30.3 Å². The lowest BCUT2D eigenvalue weighted by Gasteiger charge is -2.11. The third-order valence-electron chi connectivity index (χ3n) is 2.23. The van der Waals surface area contributed by atoms with Gasteiger partial charge in [-0.1, -0.05) is 0 Å². The van der Waals surface area contributed by atoms with Crippen molar-refractivity contribution in [2.45, 2.75) is 20.8 Å². The Morgan fingerprint density at radius 2 is 1.55 bits per heavy atom. The van der Waals surface area contributed by atoms with Gasteiger partial charge in [-0.05, 0) is 12.1 Å². The van der Waals surface area contributed by atoms with Crippen LogP contribution >= 0.6 is 0 Å². The first-order chi connectivity index (χ1) is 10.3. The monoisotopic (exact) mass is 308 g/mol. The molecule has 2 N–H and O–H groups in total. The first kappa shape index (κ1) is 17.2. The molecule has 0 aromatic heterocycles. The van der Waals surface area contributed by atoms with Crippen LogP contribution < -0.4 is 20.1 Å². The minimum atomic E-state index is -0.602. The number of benzene rings is 1. The van der Waals surface area contributed by atoms with Crippen molar-refractivity contribution in [3.05, 3.63) is 18.2 Å². The number of ether oxygens (including phenoxy) is 2. The molecule has 0 fully saturated rings. The van der Waals surface area contributed by atoms with E-state index in [2.05, 4.69) is 10.6 Å². The number of carbonyl (C=O) groups is 4. The fourth-order valence-corrected chi connectivity index (χ4v) is 1.47. The smallest absolute Gasteiger partial charge is 0.308 e.